The van der Waals surface area contributed by atoms with Crippen LogP contribution in [0.5, 0.6) is 11.5 Å². The van der Waals surface area contributed by atoms with Gasteiger partial charge in [0.2, 0.25) is 0 Å². The Morgan fingerprint density at radius 3 is 2.07 bits per heavy atom. The molecule has 1 aromatic carbocycles. The zero-order chi connectivity index (χ0) is 11.4. The van der Waals surface area contributed by atoms with Gasteiger partial charge in [-0.1, -0.05) is 0 Å². The number of rotatable bonds is 4. The molecule has 1 aromatic rings. The molecule has 4 heteroatoms. The summed E-state index contributed by atoms with van der Waals surface area (Å²) in [5.41, 5.74) is 7.51. The van der Waals surface area contributed by atoms with Gasteiger partial charge in [0.05, 0.1) is 32.4 Å². The maximum absolute atomic E-state index is 9.06. The number of aryl methyl sites for hydroxylation is 1. The summed E-state index contributed by atoms with van der Waals surface area (Å²) in [4.78, 5) is 0. The average Bonchev–Trinajstić information content (AvgIpc) is 2.26. The fraction of sp³-hybridized carbons (Fsp3) is 0.455. The topological polar surface area (TPSA) is 64.7 Å². The summed E-state index contributed by atoms with van der Waals surface area (Å²) < 4.78 is 10.4. The predicted octanol–water partition coefficient (Wildman–Crippen LogP) is 1.00. The molecular weight excluding hydrogens is 194 g/mol. The zero-order valence-electron chi connectivity index (χ0n) is 9.28. The lowest BCUT2D eigenvalue weighted by molar-refractivity contribution is 0.260. The van der Waals surface area contributed by atoms with E-state index in [0.29, 0.717) is 17.1 Å². The highest BCUT2D eigenvalue weighted by Crippen LogP contribution is 2.34. The molecule has 0 fully saturated rings. The van der Waals surface area contributed by atoms with Crippen LogP contribution in [0.25, 0.3) is 0 Å². The number of nitrogens with two attached hydrogens (primary N) is 1. The lowest BCUT2D eigenvalue weighted by Crippen LogP contribution is -2.16. The third-order valence-electron chi connectivity index (χ3n) is 2.26. The van der Waals surface area contributed by atoms with Crippen LogP contribution in [0.3, 0.4) is 0 Å². The first-order valence-corrected chi connectivity index (χ1v) is 4.73. The first-order valence-electron chi connectivity index (χ1n) is 4.73. The van der Waals surface area contributed by atoms with Crippen molar-refractivity contribution in [1.82, 2.24) is 0 Å². The molecule has 0 aliphatic heterocycles. The van der Waals surface area contributed by atoms with Crippen molar-refractivity contribution in [1.29, 1.82) is 0 Å². The molecule has 15 heavy (non-hydrogen) atoms. The summed E-state index contributed by atoms with van der Waals surface area (Å²) in [5.74, 6) is 1.29. The Balaban J connectivity index is 3.30. The molecule has 0 saturated carbocycles. The summed E-state index contributed by atoms with van der Waals surface area (Å²) in [6.07, 6.45) is 0. The number of ether oxygens (including phenoxy) is 2. The lowest BCUT2D eigenvalue weighted by Gasteiger charge is -2.18. The second kappa shape index (κ2) is 5.00. The van der Waals surface area contributed by atoms with E-state index in [-0.39, 0.29) is 6.61 Å². The minimum Gasteiger partial charge on any atom is -0.496 e. The first-order chi connectivity index (χ1) is 7.13. The van der Waals surface area contributed by atoms with E-state index in [2.05, 4.69) is 0 Å². The molecule has 0 spiro atoms. The summed E-state index contributed by atoms with van der Waals surface area (Å²) >= 11 is 0. The van der Waals surface area contributed by atoms with Gasteiger partial charge in [0, 0.05) is 0 Å². The van der Waals surface area contributed by atoms with E-state index < -0.39 is 6.04 Å². The second-order valence-corrected chi connectivity index (χ2v) is 3.37. The van der Waals surface area contributed by atoms with E-state index in [9.17, 15) is 0 Å². The molecule has 3 N–H and O–H groups in total. The minimum atomic E-state index is -0.490. The van der Waals surface area contributed by atoms with E-state index >= 15 is 0 Å². The van der Waals surface area contributed by atoms with Crippen LogP contribution in [0.1, 0.15) is 17.2 Å². The van der Waals surface area contributed by atoms with E-state index in [0.717, 1.165) is 5.56 Å². The molecular formula is C11H17NO3. The Hall–Kier alpha value is -1.26. The van der Waals surface area contributed by atoms with E-state index in [1.807, 2.05) is 19.1 Å². The molecule has 0 radical (unpaired) electrons. The second-order valence-electron chi connectivity index (χ2n) is 3.37. The fourth-order valence-electron chi connectivity index (χ4n) is 1.53. The summed E-state index contributed by atoms with van der Waals surface area (Å²) in [6, 6.07) is 3.25. The van der Waals surface area contributed by atoms with Crippen molar-refractivity contribution >= 4 is 0 Å². The van der Waals surface area contributed by atoms with Gasteiger partial charge in [-0.3, -0.25) is 0 Å². The highest BCUT2D eigenvalue weighted by Gasteiger charge is 2.17. The van der Waals surface area contributed by atoms with Crippen LogP contribution in [0.15, 0.2) is 12.1 Å². The summed E-state index contributed by atoms with van der Waals surface area (Å²) in [6.45, 7) is 1.80. The SMILES string of the molecule is COc1cc(C)cc(OC)c1[C@H](N)CO. The van der Waals surface area contributed by atoms with Crippen molar-refractivity contribution in [2.45, 2.75) is 13.0 Å². The van der Waals surface area contributed by atoms with Crippen molar-refractivity contribution in [3.63, 3.8) is 0 Å². The van der Waals surface area contributed by atoms with Gasteiger partial charge in [-0.05, 0) is 24.6 Å². The Labute approximate surface area is 89.6 Å². The molecule has 0 aliphatic rings. The smallest absolute Gasteiger partial charge is 0.127 e. The predicted molar refractivity (Wildman–Crippen MR) is 58.3 cm³/mol. The highest BCUT2D eigenvalue weighted by atomic mass is 16.5. The normalized spacial score (nSPS) is 12.3. The highest BCUT2D eigenvalue weighted by molar-refractivity contribution is 5.49. The van der Waals surface area contributed by atoms with Gasteiger partial charge in [0.15, 0.2) is 0 Å². The molecule has 0 heterocycles. The van der Waals surface area contributed by atoms with Crippen LogP contribution in [0.2, 0.25) is 0 Å². The first kappa shape index (κ1) is 11.8. The molecule has 84 valence electrons. The Kier molecular flexibility index (Phi) is 3.94. The van der Waals surface area contributed by atoms with Crippen LogP contribution in [0, 0.1) is 6.92 Å². The van der Waals surface area contributed by atoms with Gasteiger partial charge < -0.3 is 20.3 Å². The third kappa shape index (κ3) is 2.40. The molecule has 0 unspecified atom stereocenters. The number of hydrogen-bond donors (Lipinski definition) is 2. The number of benzene rings is 1. The maximum atomic E-state index is 9.06. The van der Waals surface area contributed by atoms with Gasteiger partial charge in [-0.2, -0.15) is 0 Å². The fourth-order valence-corrected chi connectivity index (χ4v) is 1.53. The number of hydrogen-bond acceptors (Lipinski definition) is 4. The number of aliphatic hydroxyl groups is 1. The van der Waals surface area contributed by atoms with Crippen LogP contribution in [0.4, 0.5) is 0 Å². The van der Waals surface area contributed by atoms with Crippen LogP contribution in [-0.2, 0) is 0 Å². The van der Waals surface area contributed by atoms with Crippen molar-refractivity contribution in [3.05, 3.63) is 23.3 Å². The molecule has 0 saturated heterocycles. The van der Waals surface area contributed by atoms with E-state index in [1.54, 1.807) is 14.2 Å². The van der Waals surface area contributed by atoms with Crippen LogP contribution in [-0.4, -0.2) is 25.9 Å². The molecule has 1 atom stereocenters. The molecule has 0 bridgehead atoms. The van der Waals surface area contributed by atoms with Crippen molar-refractivity contribution in [3.8, 4) is 11.5 Å². The van der Waals surface area contributed by atoms with Crippen molar-refractivity contribution in [2.75, 3.05) is 20.8 Å². The lowest BCUT2D eigenvalue weighted by atomic mass is 10.0. The summed E-state index contributed by atoms with van der Waals surface area (Å²) in [7, 11) is 3.14. The number of methoxy groups -OCH3 is 2. The van der Waals surface area contributed by atoms with Gasteiger partial charge in [0.25, 0.3) is 0 Å². The Morgan fingerprint density at radius 2 is 1.73 bits per heavy atom. The van der Waals surface area contributed by atoms with Gasteiger partial charge in [0.1, 0.15) is 11.5 Å². The largest absolute Gasteiger partial charge is 0.496 e. The number of aliphatic hydroxyl groups excluding tert-OH is 1. The molecule has 0 aliphatic carbocycles. The third-order valence-corrected chi connectivity index (χ3v) is 2.26. The molecule has 0 amide bonds. The Bertz CT molecular complexity index is 314. The Morgan fingerprint density at radius 1 is 1.27 bits per heavy atom. The zero-order valence-corrected chi connectivity index (χ0v) is 9.28. The minimum absolute atomic E-state index is 0.143. The van der Waals surface area contributed by atoms with Crippen molar-refractivity contribution < 1.29 is 14.6 Å². The molecule has 4 nitrogen and oxygen atoms in total. The van der Waals surface area contributed by atoms with E-state index in [1.165, 1.54) is 0 Å². The van der Waals surface area contributed by atoms with Crippen molar-refractivity contribution in [2.24, 2.45) is 5.73 Å². The van der Waals surface area contributed by atoms with Crippen LogP contribution < -0.4 is 15.2 Å². The van der Waals surface area contributed by atoms with Gasteiger partial charge >= 0.3 is 0 Å². The van der Waals surface area contributed by atoms with Crippen LogP contribution >= 0.6 is 0 Å². The average molecular weight is 211 g/mol. The maximum Gasteiger partial charge on any atom is 0.127 e. The van der Waals surface area contributed by atoms with Gasteiger partial charge in [-0.15, -0.1) is 0 Å². The van der Waals surface area contributed by atoms with E-state index in [4.69, 9.17) is 20.3 Å². The monoisotopic (exact) mass is 211 g/mol. The summed E-state index contributed by atoms with van der Waals surface area (Å²) in [5, 5.41) is 9.06. The molecule has 0 aromatic heterocycles. The molecule has 1 rings (SSSR count). The van der Waals surface area contributed by atoms with Gasteiger partial charge in [-0.25, -0.2) is 0 Å². The standard InChI is InChI=1S/C11H17NO3/c1-7-4-9(14-2)11(8(12)6-13)10(5-7)15-3/h4-5,8,13H,6,12H2,1-3H3/t8-/m1/s1. The quantitative estimate of drug-likeness (QED) is 0.780.